The maximum Gasteiger partial charge on any atom is 0.315 e. The van der Waals surface area contributed by atoms with Crippen LogP contribution in [0.2, 0.25) is 65.0 Å². The first kappa shape index (κ1) is 31.1. The highest BCUT2D eigenvalue weighted by molar-refractivity contribution is 6.89. The topological polar surface area (TPSA) is 97.3 Å². The van der Waals surface area contributed by atoms with Gasteiger partial charge in [0, 0.05) is 6.61 Å². The molecular weight excluding hydrogens is 467 g/mol. The monoisotopic (exact) mass is 513 g/mol. The summed E-state index contributed by atoms with van der Waals surface area (Å²) in [5, 5.41) is 21.0. The van der Waals surface area contributed by atoms with Crippen LogP contribution in [-0.4, -0.2) is 95.8 Å². The second kappa shape index (κ2) is 12.0. The third-order valence-corrected chi connectivity index (χ3v) is 17.6. The number of aliphatic carboxylic acids is 1. The number of hydrogen-bond donors (Lipinski definition) is 1. The predicted octanol–water partition coefficient (Wildman–Crippen LogP) is 2.07. The number of rotatable bonds is 16. The van der Waals surface area contributed by atoms with Crippen LogP contribution in [0, 0.1) is 0 Å². The van der Waals surface area contributed by atoms with Gasteiger partial charge in [-0.25, -0.2) is 0 Å². The Labute approximate surface area is 194 Å². The lowest BCUT2D eigenvalue weighted by molar-refractivity contribution is -0.887. The van der Waals surface area contributed by atoms with Crippen LogP contribution in [0.3, 0.4) is 0 Å². The van der Waals surface area contributed by atoms with Gasteiger partial charge in [-0.05, 0) is 71.4 Å². The summed E-state index contributed by atoms with van der Waals surface area (Å²) in [5.41, 5.74) is 0. The van der Waals surface area contributed by atoms with Gasteiger partial charge in [-0.1, -0.05) is 0 Å². The van der Waals surface area contributed by atoms with Gasteiger partial charge in [-0.2, -0.15) is 0 Å². The maximum absolute atomic E-state index is 10.8. The minimum Gasteiger partial charge on any atom is -0.544 e. The largest absolute Gasteiger partial charge is 0.544 e. The summed E-state index contributed by atoms with van der Waals surface area (Å²) in [6, 6.07) is 0.797. The van der Waals surface area contributed by atoms with Crippen LogP contribution >= 0.6 is 0 Å². The smallest absolute Gasteiger partial charge is 0.315 e. The van der Waals surface area contributed by atoms with E-state index in [9.17, 15) is 15.0 Å². The van der Waals surface area contributed by atoms with Crippen molar-refractivity contribution in [2.24, 2.45) is 0 Å². The summed E-state index contributed by atoms with van der Waals surface area (Å²) in [6.45, 7) is 20.2. The molecule has 0 bridgehead atoms. The Morgan fingerprint density at radius 3 is 1.90 bits per heavy atom. The molecule has 0 aliphatic heterocycles. The van der Waals surface area contributed by atoms with E-state index in [2.05, 4.69) is 58.9 Å². The number of likely N-dealkylation sites (N-methyl/N-ethyl adjacent to an activating group) is 1. The van der Waals surface area contributed by atoms with Crippen molar-refractivity contribution in [3.8, 4) is 0 Å². The second-order valence-corrected chi connectivity index (χ2v) is 28.0. The number of carboxylic acids is 1. The molecule has 12 heteroatoms. The van der Waals surface area contributed by atoms with Gasteiger partial charge in [-0.3, -0.25) is 0 Å². The SMILES string of the molecule is C[N+](C)(CC(=O)[O-])CC(O)COCCC[Si](C)(O[Si](C)(C)C)O[Si](C)(C)O[Si](C)(C)C. The summed E-state index contributed by atoms with van der Waals surface area (Å²) in [6.07, 6.45) is 0.0400. The molecule has 0 aliphatic rings. The van der Waals surface area contributed by atoms with Crippen molar-refractivity contribution in [2.75, 3.05) is 40.4 Å². The number of aliphatic hydroxyl groups is 1. The normalized spacial score (nSPS) is 16.8. The molecule has 0 amide bonds. The molecule has 0 rings (SSSR count). The molecule has 0 saturated carbocycles. The molecule has 0 heterocycles. The van der Waals surface area contributed by atoms with Crippen molar-refractivity contribution in [2.45, 2.75) is 77.5 Å². The number of carbonyl (C=O) groups excluding carboxylic acids is 1. The Morgan fingerprint density at radius 2 is 1.45 bits per heavy atom. The number of quaternary nitrogens is 1. The summed E-state index contributed by atoms with van der Waals surface area (Å²) in [7, 11) is -4.79. The first-order chi connectivity index (χ1) is 13.6. The third kappa shape index (κ3) is 17.3. The zero-order valence-electron chi connectivity index (χ0n) is 21.7. The Balaban J connectivity index is 4.73. The van der Waals surface area contributed by atoms with Crippen molar-refractivity contribution in [3.05, 3.63) is 0 Å². The molecule has 0 spiro atoms. The molecule has 31 heavy (non-hydrogen) atoms. The molecule has 186 valence electrons. The van der Waals surface area contributed by atoms with Gasteiger partial charge in [0.25, 0.3) is 0 Å². The molecule has 1 N–H and O–H groups in total. The lowest BCUT2D eigenvalue weighted by Gasteiger charge is -2.41. The molecule has 0 aromatic rings. The number of hydrogen-bond acceptors (Lipinski definition) is 7. The fourth-order valence-corrected chi connectivity index (χ4v) is 21.7. The highest BCUT2D eigenvalue weighted by Gasteiger charge is 2.44. The van der Waals surface area contributed by atoms with Crippen molar-refractivity contribution in [1.82, 2.24) is 0 Å². The number of carboxylic acid groups (broad SMARTS) is 1. The van der Waals surface area contributed by atoms with E-state index in [0.29, 0.717) is 6.61 Å². The molecular formula is C19H47NO7Si4. The van der Waals surface area contributed by atoms with E-state index in [1.165, 1.54) is 0 Å². The van der Waals surface area contributed by atoms with Gasteiger partial charge >= 0.3 is 17.1 Å². The summed E-state index contributed by atoms with van der Waals surface area (Å²) >= 11 is 0. The van der Waals surface area contributed by atoms with Gasteiger partial charge in [-0.15, -0.1) is 0 Å². The number of nitrogens with zero attached hydrogens (tertiary/aromatic N) is 1. The molecule has 8 nitrogen and oxygen atoms in total. The van der Waals surface area contributed by atoms with E-state index in [4.69, 9.17) is 17.1 Å². The van der Waals surface area contributed by atoms with Gasteiger partial charge in [0.2, 0.25) is 0 Å². The first-order valence-corrected chi connectivity index (χ1v) is 23.2. The van der Waals surface area contributed by atoms with Crippen LogP contribution in [0.4, 0.5) is 0 Å². The summed E-state index contributed by atoms with van der Waals surface area (Å²) in [5.74, 6) is -1.13. The summed E-state index contributed by atoms with van der Waals surface area (Å²) < 4.78 is 25.4. The Morgan fingerprint density at radius 1 is 0.935 bits per heavy atom. The molecule has 0 saturated heterocycles. The van der Waals surface area contributed by atoms with Crippen LogP contribution in [0.25, 0.3) is 0 Å². The van der Waals surface area contributed by atoms with E-state index < -0.39 is 45.8 Å². The second-order valence-electron chi connectivity index (χ2n) is 11.5. The average Bonchev–Trinajstić information content (AvgIpc) is 2.38. The minimum atomic E-state index is -2.45. The van der Waals surface area contributed by atoms with Crippen LogP contribution in [0.1, 0.15) is 6.42 Å². The van der Waals surface area contributed by atoms with Gasteiger partial charge in [0.15, 0.2) is 16.6 Å². The maximum atomic E-state index is 10.8. The number of aliphatic hydroxyl groups excluding tert-OH is 1. The van der Waals surface area contributed by atoms with Crippen molar-refractivity contribution < 1.29 is 36.6 Å². The molecule has 2 unspecified atom stereocenters. The van der Waals surface area contributed by atoms with Crippen molar-refractivity contribution in [1.29, 1.82) is 0 Å². The van der Waals surface area contributed by atoms with E-state index in [-0.39, 0.29) is 24.2 Å². The van der Waals surface area contributed by atoms with Gasteiger partial charge in [0.1, 0.15) is 19.2 Å². The predicted molar refractivity (Wildman–Crippen MR) is 132 cm³/mol. The minimum absolute atomic E-state index is 0.145. The van der Waals surface area contributed by atoms with Crippen LogP contribution < -0.4 is 5.11 Å². The molecule has 0 radical (unpaired) electrons. The lowest BCUT2D eigenvalue weighted by atomic mass is 10.3. The van der Waals surface area contributed by atoms with E-state index in [1.54, 1.807) is 14.1 Å². The third-order valence-electron chi connectivity index (χ3n) is 4.03. The van der Waals surface area contributed by atoms with Crippen LogP contribution in [0.5, 0.6) is 0 Å². The van der Waals surface area contributed by atoms with E-state index >= 15 is 0 Å². The molecule has 0 aliphatic carbocycles. The van der Waals surface area contributed by atoms with E-state index in [1.807, 2.05) is 0 Å². The highest BCUT2D eigenvalue weighted by Crippen LogP contribution is 2.27. The fraction of sp³-hybridized carbons (Fsp3) is 0.947. The van der Waals surface area contributed by atoms with Gasteiger partial charge in [0.05, 0.1) is 26.7 Å². The summed E-state index contributed by atoms with van der Waals surface area (Å²) in [4.78, 5) is 10.8. The Kier molecular flexibility index (Phi) is 12.0. The highest BCUT2D eigenvalue weighted by atomic mass is 28.5. The lowest BCUT2D eigenvalue weighted by Crippen LogP contribution is -2.56. The van der Waals surface area contributed by atoms with Gasteiger partial charge < -0.3 is 36.6 Å². The molecule has 2 atom stereocenters. The standard InChI is InChI=1S/C19H47NO7Si4/c1-20(2,16-19(22)23)15-18(21)17-24-13-12-14-31(11,26-29(6,7)8)27-30(9,10)25-28(3,4)5/h18,21H,12-17H2,1-11H3. The quantitative estimate of drug-likeness (QED) is 0.192. The Bertz CT molecular complexity index is 564. The first-order valence-electron chi connectivity index (χ1n) is 11.0. The van der Waals surface area contributed by atoms with Crippen LogP contribution in [0.15, 0.2) is 0 Å². The Hall–Kier alpha value is 0.0975. The average molecular weight is 514 g/mol. The van der Waals surface area contributed by atoms with Crippen LogP contribution in [-0.2, 0) is 21.9 Å². The number of ether oxygens (including phenoxy) is 1. The molecule has 0 aromatic carbocycles. The fourth-order valence-electron chi connectivity index (χ4n) is 3.80. The zero-order valence-corrected chi connectivity index (χ0v) is 25.7. The van der Waals surface area contributed by atoms with Crippen molar-refractivity contribution >= 4 is 39.7 Å². The van der Waals surface area contributed by atoms with E-state index in [0.717, 1.165) is 12.5 Å². The molecule has 0 fully saturated rings. The number of carbonyl (C=O) groups is 1. The molecule has 0 aromatic heterocycles. The zero-order chi connectivity index (χ0) is 24.7. The van der Waals surface area contributed by atoms with Crippen molar-refractivity contribution in [3.63, 3.8) is 0 Å².